The van der Waals surface area contributed by atoms with Crippen molar-refractivity contribution in [3.05, 3.63) is 59.7 Å². The number of benzene rings is 2. The Kier molecular flexibility index (Phi) is 8.33. The number of halogens is 3. The number of primary amides is 1. The van der Waals surface area contributed by atoms with Gasteiger partial charge in [-0.2, -0.15) is 13.2 Å². The molecule has 0 bridgehead atoms. The molecule has 0 spiro atoms. The Hall–Kier alpha value is -3.43. The molecule has 0 unspecified atom stereocenters. The van der Waals surface area contributed by atoms with Crippen molar-refractivity contribution < 1.29 is 27.4 Å². The van der Waals surface area contributed by atoms with Crippen LogP contribution in [-0.4, -0.2) is 38.3 Å². The van der Waals surface area contributed by atoms with E-state index in [2.05, 4.69) is 20.4 Å². The van der Waals surface area contributed by atoms with Gasteiger partial charge in [-0.15, -0.1) is 0 Å². The summed E-state index contributed by atoms with van der Waals surface area (Å²) in [6, 6.07) is 13.5. The number of guanidine groups is 1. The number of carbonyl (C=O) groups is 1. The molecule has 4 N–H and O–H groups in total. The summed E-state index contributed by atoms with van der Waals surface area (Å²) in [7, 11) is 1.62. The minimum Gasteiger partial charge on any atom is -0.484 e. The van der Waals surface area contributed by atoms with E-state index in [1.54, 1.807) is 37.4 Å². The second-order valence-corrected chi connectivity index (χ2v) is 6.23. The van der Waals surface area contributed by atoms with Gasteiger partial charge in [0, 0.05) is 20.1 Å². The summed E-state index contributed by atoms with van der Waals surface area (Å²) < 4.78 is 46.5. The molecule has 2 aromatic rings. The summed E-state index contributed by atoms with van der Waals surface area (Å²) in [4.78, 5) is 14.9. The Labute approximate surface area is 172 Å². The van der Waals surface area contributed by atoms with Gasteiger partial charge in [-0.3, -0.25) is 9.79 Å². The van der Waals surface area contributed by atoms with E-state index in [1.165, 1.54) is 12.1 Å². The smallest absolute Gasteiger partial charge is 0.422 e. The molecule has 0 aliphatic heterocycles. The highest BCUT2D eigenvalue weighted by atomic mass is 19.4. The third-order valence-electron chi connectivity index (χ3n) is 3.75. The van der Waals surface area contributed by atoms with Gasteiger partial charge in [-0.1, -0.05) is 24.3 Å². The molecule has 0 aromatic heterocycles. The Morgan fingerprint density at radius 2 is 1.67 bits per heavy atom. The van der Waals surface area contributed by atoms with Crippen LogP contribution in [0.2, 0.25) is 0 Å². The van der Waals surface area contributed by atoms with Gasteiger partial charge in [-0.05, 0) is 35.4 Å². The largest absolute Gasteiger partial charge is 0.484 e. The second-order valence-electron chi connectivity index (χ2n) is 6.23. The lowest BCUT2D eigenvalue weighted by molar-refractivity contribution is -0.153. The predicted molar refractivity (Wildman–Crippen MR) is 106 cm³/mol. The average Bonchev–Trinajstić information content (AvgIpc) is 2.71. The summed E-state index contributed by atoms with van der Waals surface area (Å²) in [6.45, 7) is -0.644. The summed E-state index contributed by atoms with van der Waals surface area (Å²) in [5.41, 5.74) is 6.82. The highest BCUT2D eigenvalue weighted by Crippen LogP contribution is 2.19. The van der Waals surface area contributed by atoms with Crippen LogP contribution in [0.5, 0.6) is 11.5 Å². The van der Waals surface area contributed by atoms with Crippen molar-refractivity contribution in [2.45, 2.75) is 19.3 Å². The third-order valence-corrected chi connectivity index (χ3v) is 3.75. The number of alkyl halides is 3. The number of hydrogen-bond acceptors (Lipinski definition) is 4. The van der Waals surface area contributed by atoms with Gasteiger partial charge < -0.3 is 25.8 Å². The lowest BCUT2D eigenvalue weighted by Gasteiger charge is -2.13. The van der Waals surface area contributed by atoms with E-state index >= 15 is 0 Å². The number of carbonyl (C=O) groups excluding carboxylic acids is 1. The quantitative estimate of drug-likeness (QED) is 0.424. The van der Waals surface area contributed by atoms with Gasteiger partial charge in [0.2, 0.25) is 0 Å². The molecule has 0 aliphatic rings. The number of nitrogens with zero attached hydrogens (tertiary/aromatic N) is 1. The van der Waals surface area contributed by atoms with Crippen molar-refractivity contribution in [3.63, 3.8) is 0 Å². The maximum Gasteiger partial charge on any atom is 0.422 e. The van der Waals surface area contributed by atoms with Crippen molar-refractivity contribution in [1.82, 2.24) is 10.6 Å². The normalized spacial score (nSPS) is 11.7. The highest BCUT2D eigenvalue weighted by molar-refractivity contribution is 5.79. The van der Waals surface area contributed by atoms with Crippen molar-refractivity contribution in [1.29, 1.82) is 0 Å². The summed E-state index contributed by atoms with van der Waals surface area (Å²) in [5.74, 6) is 0.667. The van der Waals surface area contributed by atoms with E-state index < -0.39 is 18.7 Å². The monoisotopic (exact) mass is 424 g/mol. The fraction of sp³-hybridized carbons (Fsp3) is 0.300. The van der Waals surface area contributed by atoms with Crippen LogP contribution in [0.3, 0.4) is 0 Å². The molecule has 0 aliphatic carbocycles. The zero-order valence-electron chi connectivity index (χ0n) is 16.3. The number of aliphatic imine (C=N–C) groups is 1. The number of amides is 1. The fourth-order valence-corrected chi connectivity index (χ4v) is 2.36. The van der Waals surface area contributed by atoms with Gasteiger partial charge in [-0.25, -0.2) is 0 Å². The van der Waals surface area contributed by atoms with Crippen LogP contribution in [0, 0.1) is 0 Å². The molecule has 0 saturated heterocycles. The lowest BCUT2D eigenvalue weighted by atomic mass is 10.2. The van der Waals surface area contributed by atoms with E-state index in [1.807, 2.05) is 6.07 Å². The van der Waals surface area contributed by atoms with Gasteiger partial charge in [0.1, 0.15) is 11.5 Å². The van der Waals surface area contributed by atoms with Crippen LogP contribution >= 0.6 is 0 Å². The zero-order valence-corrected chi connectivity index (χ0v) is 16.3. The molecule has 0 radical (unpaired) electrons. The predicted octanol–water partition coefficient (Wildman–Crippen LogP) is 2.36. The van der Waals surface area contributed by atoms with Crippen LogP contribution in [0.15, 0.2) is 53.5 Å². The first-order chi connectivity index (χ1) is 14.2. The molecular formula is C20H23F3N4O3. The Bertz CT molecular complexity index is 855. The van der Waals surface area contributed by atoms with E-state index in [0.29, 0.717) is 24.8 Å². The minimum atomic E-state index is -4.37. The molecule has 2 rings (SSSR count). The summed E-state index contributed by atoms with van der Waals surface area (Å²) in [6.07, 6.45) is -4.37. The Morgan fingerprint density at radius 1 is 1.00 bits per heavy atom. The number of nitrogens with two attached hydrogens (primary N) is 1. The van der Waals surface area contributed by atoms with Gasteiger partial charge in [0.05, 0.1) is 0 Å². The summed E-state index contributed by atoms with van der Waals surface area (Å²) in [5, 5.41) is 6.25. The highest BCUT2D eigenvalue weighted by Gasteiger charge is 2.28. The number of nitrogens with one attached hydrogen (secondary N) is 2. The SMILES string of the molecule is CN=C(NCc1ccc(OCC(F)(F)F)cc1)NCc1cccc(OCC(N)=O)c1. The van der Waals surface area contributed by atoms with E-state index in [4.69, 9.17) is 10.5 Å². The molecule has 2 aromatic carbocycles. The fourth-order valence-electron chi connectivity index (χ4n) is 2.36. The van der Waals surface area contributed by atoms with Gasteiger partial charge in [0.25, 0.3) is 5.91 Å². The van der Waals surface area contributed by atoms with Crippen molar-refractivity contribution in [3.8, 4) is 11.5 Å². The van der Waals surface area contributed by atoms with Crippen molar-refractivity contribution in [2.75, 3.05) is 20.3 Å². The van der Waals surface area contributed by atoms with E-state index in [-0.39, 0.29) is 12.4 Å². The Balaban J connectivity index is 1.81. The van der Waals surface area contributed by atoms with Crippen LogP contribution < -0.4 is 25.8 Å². The van der Waals surface area contributed by atoms with Crippen LogP contribution in [0.25, 0.3) is 0 Å². The number of rotatable bonds is 9. The van der Waals surface area contributed by atoms with Crippen molar-refractivity contribution in [2.24, 2.45) is 10.7 Å². The Morgan fingerprint density at radius 3 is 2.27 bits per heavy atom. The zero-order chi connectivity index (χ0) is 22.0. The second kappa shape index (κ2) is 10.9. The average molecular weight is 424 g/mol. The summed E-state index contributed by atoms with van der Waals surface area (Å²) >= 11 is 0. The maximum atomic E-state index is 12.2. The molecule has 0 atom stereocenters. The molecule has 7 nitrogen and oxygen atoms in total. The van der Waals surface area contributed by atoms with E-state index in [9.17, 15) is 18.0 Å². The molecule has 0 fully saturated rings. The third kappa shape index (κ3) is 8.72. The molecule has 30 heavy (non-hydrogen) atoms. The number of hydrogen-bond donors (Lipinski definition) is 3. The molecular weight excluding hydrogens is 401 g/mol. The number of ether oxygens (including phenoxy) is 2. The van der Waals surface area contributed by atoms with Crippen LogP contribution in [0.4, 0.5) is 13.2 Å². The van der Waals surface area contributed by atoms with E-state index in [0.717, 1.165) is 11.1 Å². The topological polar surface area (TPSA) is 98.0 Å². The molecule has 0 saturated carbocycles. The van der Waals surface area contributed by atoms with Crippen LogP contribution in [0.1, 0.15) is 11.1 Å². The first-order valence-electron chi connectivity index (χ1n) is 8.98. The maximum absolute atomic E-state index is 12.2. The molecule has 10 heteroatoms. The minimum absolute atomic E-state index is 0.150. The lowest BCUT2D eigenvalue weighted by Crippen LogP contribution is -2.36. The molecule has 0 heterocycles. The first kappa shape index (κ1) is 22.9. The molecule has 162 valence electrons. The van der Waals surface area contributed by atoms with Crippen LogP contribution in [-0.2, 0) is 17.9 Å². The van der Waals surface area contributed by atoms with Gasteiger partial charge in [0.15, 0.2) is 19.2 Å². The van der Waals surface area contributed by atoms with Crippen molar-refractivity contribution >= 4 is 11.9 Å². The first-order valence-corrected chi connectivity index (χ1v) is 8.98. The van der Waals surface area contributed by atoms with Gasteiger partial charge >= 0.3 is 6.18 Å². The molecule has 1 amide bonds. The standard InChI is InChI=1S/C20H23F3N4O3/c1-25-19(27-11-15-3-2-4-17(9-15)29-12-18(24)28)26-10-14-5-7-16(8-6-14)30-13-20(21,22)23/h2-9H,10-13H2,1H3,(H2,24,28)(H2,25,26,27).